The maximum Gasteiger partial charge on any atom is 0.408 e. The zero-order chi connectivity index (χ0) is 45.4. The van der Waals surface area contributed by atoms with Gasteiger partial charge in [0.15, 0.2) is 6.04 Å². The van der Waals surface area contributed by atoms with Crippen molar-refractivity contribution in [3.05, 3.63) is 67.3 Å². The van der Waals surface area contributed by atoms with Crippen LogP contribution in [0.5, 0.6) is 11.5 Å². The van der Waals surface area contributed by atoms with Gasteiger partial charge in [-0.3, -0.25) is 23.9 Å². The highest BCUT2D eigenvalue weighted by atomic mass is 32.2. The number of cyclic esters (lactones) is 1. The summed E-state index contributed by atoms with van der Waals surface area (Å²) in [5.41, 5.74) is -0.701. The van der Waals surface area contributed by atoms with Gasteiger partial charge in [-0.2, -0.15) is 0 Å². The summed E-state index contributed by atoms with van der Waals surface area (Å²) >= 11 is 0. The van der Waals surface area contributed by atoms with E-state index in [1.165, 1.54) is 18.1 Å². The van der Waals surface area contributed by atoms with Gasteiger partial charge in [0.05, 0.1) is 30.1 Å². The molecule has 1 unspecified atom stereocenters. The first kappa shape index (κ1) is 44.8. The number of methoxy groups -OCH3 is 1. The Kier molecular flexibility index (Phi) is 12.4. The summed E-state index contributed by atoms with van der Waals surface area (Å²) in [5, 5.41) is 7.82. The van der Waals surface area contributed by atoms with E-state index in [0.29, 0.717) is 40.9 Å². The molecule has 2 saturated heterocycles. The minimum atomic E-state index is -3.98. The molecule has 19 heteroatoms. The highest BCUT2D eigenvalue weighted by Gasteiger charge is 2.62. The molecule has 0 radical (unpaired) electrons. The Morgan fingerprint density at radius 2 is 1.81 bits per heavy atom. The molecule has 4 N–H and O–H groups in total. The van der Waals surface area contributed by atoms with E-state index in [4.69, 9.17) is 23.9 Å². The minimum Gasteiger partial charge on any atom is -0.497 e. The number of esters is 1. The van der Waals surface area contributed by atoms with Crippen LogP contribution in [0.3, 0.4) is 0 Å². The number of aromatic nitrogens is 1. The third-order valence-corrected chi connectivity index (χ3v) is 13.2. The Balaban J connectivity index is 1.20. The van der Waals surface area contributed by atoms with E-state index >= 15 is 0 Å². The van der Waals surface area contributed by atoms with Crippen LogP contribution in [0, 0.1) is 5.92 Å². The Labute approximate surface area is 364 Å². The van der Waals surface area contributed by atoms with Crippen molar-refractivity contribution in [2.24, 2.45) is 5.92 Å². The lowest BCUT2D eigenvalue weighted by molar-refractivity contribution is -0.176. The number of likely N-dealkylation sites (tertiary alicyclic amines) is 1. The van der Waals surface area contributed by atoms with Crippen molar-refractivity contribution in [3.63, 3.8) is 0 Å². The average molecular weight is 889 g/mol. The molecule has 2 aliphatic heterocycles. The van der Waals surface area contributed by atoms with Gasteiger partial charge in [0.1, 0.15) is 46.9 Å². The van der Waals surface area contributed by atoms with Crippen molar-refractivity contribution in [1.82, 2.24) is 30.6 Å². The number of fused-ring (bicyclic) bond motifs is 1. The van der Waals surface area contributed by atoms with Gasteiger partial charge < -0.3 is 39.8 Å². The molecular formula is C44H52N6O12S. The van der Waals surface area contributed by atoms with Gasteiger partial charge in [0.2, 0.25) is 27.7 Å². The van der Waals surface area contributed by atoms with Crippen LogP contribution in [0.2, 0.25) is 0 Å². The van der Waals surface area contributed by atoms with E-state index in [2.05, 4.69) is 27.3 Å². The summed E-state index contributed by atoms with van der Waals surface area (Å²) in [4.78, 5) is 87.3. The minimum absolute atomic E-state index is 0.0642. The maximum atomic E-state index is 14.8. The zero-order valence-electron chi connectivity index (χ0n) is 35.7. The summed E-state index contributed by atoms with van der Waals surface area (Å²) < 4.78 is 50.4. The topological polar surface area (TPSA) is 238 Å². The van der Waals surface area contributed by atoms with Crippen molar-refractivity contribution >= 4 is 56.6 Å². The first-order valence-electron chi connectivity index (χ1n) is 20.8. The molecule has 4 fully saturated rings. The van der Waals surface area contributed by atoms with Crippen molar-refractivity contribution < 1.29 is 56.1 Å². The second-order valence-electron chi connectivity index (χ2n) is 17.3. The molecule has 7 atom stereocenters. The SMILES string of the molecule is C=C[C@@H]1C[C@]1(NC(=O)[C@@H]1CC(Oc2cc(-c3ccccc3)nc3cc(OC)ccc23)CN1C(=O)[C@H](CCC(=O)N[C@@H]1C(=O)O[C@@H]1C)NC(=O)OC(C)(C)C)C(=O)NS(=O)(=O)C1CC1. The predicted octanol–water partition coefficient (Wildman–Crippen LogP) is 3.03. The number of alkyl carbamates (subject to hydrolysis) is 1. The number of nitrogens with one attached hydrogen (secondary N) is 4. The third kappa shape index (κ3) is 10.0. The number of carbonyl (C=O) groups is 6. The number of benzene rings is 2. The van der Waals surface area contributed by atoms with Gasteiger partial charge in [-0.25, -0.2) is 23.0 Å². The number of sulfonamides is 1. The smallest absolute Gasteiger partial charge is 0.408 e. The molecule has 2 aliphatic carbocycles. The number of nitrogens with zero attached hydrogens (tertiary/aromatic N) is 2. The van der Waals surface area contributed by atoms with E-state index in [-0.39, 0.29) is 32.2 Å². The summed E-state index contributed by atoms with van der Waals surface area (Å²) in [5.74, 6) is -3.31. The summed E-state index contributed by atoms with van der Waals surface area (Å²) in [6.07, 6.45) is -0.709. The third-order valence-electron chi connectivity index (χ3n) is 11.4. The predicted molar refractivity (Wildman–Crippen MR) is 227 cm³/mol. The number of rotatable bonds is 16. The second-order valence-corrected chi connectivity index (χ2v) is 19.3. The van der Waals surface area contributed by atoms with Crippen LogP contribution < -0.4 is 30.1 Å². The van der Waals surface area contributed by atoms with E-state index in [9.17, 15) is 37.2 Å². The van der Waals surface area contributed by atoms with Crippen molar-refractivity contribution in [2.45, 2.75) is 113 Å². The number of hydrogen-bond donors (Lipinski definition) is 4. The van der Waals surface area contributed by atoms with Crippen LogP contribution in [0.25, 0.3) is 22.2 Å². The molecule has 5 amide bonds. The number of pyridine rings is 1. The first-order valence-corrected chi connectivity index (χ1v) is 22.4. The molecule has 1 aromatic heterocycles. The van der Waals surface area contributed by atoms with Crippen molar-refractivity contribution in [3.8, 4) is 22.8 Å². The van der Waals surface area contributed by atoms with Gasteiger partial charge in [0, 0.05) is 41.8 Å². The van der Waals surface area contributed by atoms with Crippen molar-refractivity contribution in [1.29, 1.82) is 0 Å². The van der Waals surface area contributed by atoms with Gasteiger partial charge in [-0.1, -0.05) is 36.4 Å². The molecule has 2 saturated carbocycles. The summed E-state index contributed by atoms with van der Waals surface area (Å²) in [6, 6.07) is 12.8. The standard InChI is InChI=1S/C44H52N6O12S/c1-7-26-22-44(26,41(55)49-63(57,58)29-14-15-29)48-38(52)34-20-28(61-35-21-32(25-11-9-8-10-12-25)45-33-19-27(59-6)13-16-30(33)35)23-50(34)39(53)31(46-42(56)62-43(3,4)5)17-18-36(51)47-37-24(2)60-40(37)54/h7-13,16,19,21,24,26,28-29,31,34,37H,1,14-15,17-18,20,22-23H2,2-6H3,(H,46,56)(H,47,51)(H,48,52)(H,49,55)/t24-,26-,28?,31+,34+,37+,44-/m1/s1. The Hall–Kier alpha value is -6.24. The molecule has 0 bridgehead atoms. The van der Waals surface area contributed by atoms with Gasteiger partial charge in [-0.05, 0) is 65.5 Å². The summed E-state index contributed by atoms with van der Waals surface area (Å²) in [6.45, 7) is 10.1. The first-order chi connectivity index (χ1) is 29.8. The quantitative estimate of drug-likeness (QED) is 0.120. The van der Waals surface area contributed by atoms with Crippen molar-refractivity contribution in [2.75, 3.05) is 13.7 Å². The molecule has 336 valence electrons. The lowest BCUT2D eigenvalue weighted by Gasteiger charge is -2.33. The van der Waals surface area contributed by atoms with Crippen LogP contribution in [-0.2, 0) is 43.5 Å². The van der Waals surface area contributed by atoms with E-state index in [0.717, 1.165) is 5.56 Å². The van der Waals surface area contributed by atoms with Crippen LogP contribution >= 0.6 is 0 Å². The van der Waals surface area contributed by atoms with Crippen LogP contribution in [0.1, 0.15) is 66.2 Å². The largest absolute Gasteiger partial charge is 0.497 e. The highest BCUT2D eigenvalue weighted by molar-refractivity contribution is 7.91. The number of hydrogen-bond acceptors (Lipinski definition) is 13. The fourth-order valence-corrected chi connectivity index (χ4v) is 9.14. The Morgan fingerprint density at radius 3 is 2.43 bits per heavy atom. The molecule has 0 spiro atoms. The Bertz CT molecular complexity index is 2440. The lowest BCUT2D eigenvalue weighted by atomic mass is 10.1. The highest BCUT2D eigenvalue weighted by Crippen LogP contribution is 2.46. The van der Waals surface area contributed by atoms with Gasteiger partial charge in [-0.15, -0.1) is 6.58 Å². The number of amides is 5. The fraction of sp³-hybridized carbons (Fsp3) is 0.477. The van der Waals surface area contributed by atoms with E-state index < -0.39 is 98.4 Å². The zero-order valence-corrected chi connectivity index (χ0v) is 36.5. The number of carbonyl (C=O) groups excluding carboxylic acids is 6. The molecule has 2 aromatic carbocycles. The molecule has 3 aromatic rings. The van der Waals surface area contributed by atoms with Crippen LogP contribution in [-0.4, -0.2) is 114 Å². The molecule has 3 heterocycles. The fourth-order valence-electron chi connectivity index (χ4n) is 7.78. The van der Waals surface area contributed by atoms with E-state index in [1.807, 2.05) is 30.3 Å². The monoisotopic (exact) mass is 888 g/mol. The average Bonchev–Trinajstić information content (AvgIpc) is 4.17. The van der Waals surface area contributed by atoms with Crippen LogP contribution in [0.15, 0.2) is 67.3 Å². The van der Waals surface area contributed by atoms with Gasteiger partial charge in [0.25, 0.3) is 5.91 Å². The molecule has 4 aliphatic rings. The second kappa shape index (κ2) is 17.5. The lowest BCUT2D eigenvalue weighted by Crippen LogP contribution is -2.59. The molecule has 18 nitrogen and oxygen atoms in total. The van der Waals surface area contributed by atoms with E-state index in [1.54, 1.807) is 52.0 Å². The number of ether oxygens (including phenoxy) is 4. The maximum absolute atomic E-state index is 14.8. The summed E-state index contributed by atoms with van der Waals surface area (Å²) in [7, 11) is -2.45. The normalized spacial score (nSPS) is 24.5. The van der Waals surface area contributed by atoms with Gasteiger partial charge >= 0.3 is 12.1 Å². The molecular weight excluding hydrogens is 837 g/mol. The molecule has 7 rings (SSSR count). The van der Waals surface area contributed by atoms with Crippen LogP contribution in [0.4, 0.5) is 4.79 Å². The Morgan fingerprint density at radius 1 is 1.08 bits per heavy atom. The molecule has 63 heavy (non-hydrogen) atoms.